The summed E-state index contributed by atoms with van der Waals surface area (Å²) in [6, 6.07) is 10.3. The van der Waals surface area contributed by atoms with Crippen molar-refractivity contribution in [3.63, 3.8) is 0 Å². The van der Waals surface area contributed by atoms with Gasteiger partial charge in [-0.2, -0.15) is 0 Å². The number of amides is 1. The quantitative estimate of drug-likeness (QED) is 0.316. The zero-order chi connectivity index (χ0) is 31.7. The number of fused-ring (bicyclic) bond motifs is 3. The summed E-state index contributed by atoms with van der Waals surface area (Å²) in [6.45, 7) is 4.92. The molecule has 3 aliphatic carbocycles. The lowest BCUT2D eigenvalue weighted by Gasteiger charge is -2.50. The van der Waals surface area contributed by atoms with Gasteiger partial charge in [0.1, 0.15) is 22.8 Å². The molecule has 0 bridgehead atoms. The molecule has 232 valence electrons. The number of aliphatic hydroxyl groups is 3. The second-order valence-electron chi connectivity index (χ2n) is 12.7. The molecule has 6 rings (SSSR count). The Morgan fingerprint density at radius 3 is 2.30 bits per heavy atom. The molecule has 0 aromatic heterocycles. The lowest BCUT2D eigenvalue weighted by molar-refractivity contribution is -0.153. The van der Waals surface area contributed by atoms with Gasteiger partial charge in [0.15, 0.2) is 11.4 Å². The number of hydrogen-bond donors (Lipinski definition) is 5. The van der Waals surface area contributed by atoms with Gasteiger partial charge in [-0.15, -0.1) is 0 Å². The van der Waals surface area contributed by atoms with Crippen LogP contribution >= 0.6 is 0 Å². The minimum absolute atomic E-state index is 0.0464. The molecule has 6 N–H and O–H groups in total. The minimum atomic E-state index is -2.66. The van der Waals surface area contributed by atoms with E-state index in [0.29, 0.717) is 5.56 Å². The molecule has 2 aromatic rings. The Morgan fingerprint density at radius 1 is 1.02 bits per heavy atom. The molecule has 1 heterocycles. The van der Waals surface area contributed by atoms with Crippen LogP contribution in [0.5, 0.6) is 5.75 Å². The normalized spacial score (nSPS) is 27.8. The van der Waals surface area contributed by atoms with E-state index in [1.54, 1.807) is 20.2 Å². The first-order valence-electron chi connectivity index (χ1n) is 14.8. The molecular formula is C33H38N4O7. The third-order valence-corrected chi connectivity index (χ3v) is 9.87. The number of benzene rings is 2. The van der Waals surface area contributed by atoms with E-state index in [2.05, 4.69) is 29.0 Å². The number of likely N-dealkylation sites (N-methyl/N-ethyl adjacent to an activating group) is 2. The van der Waals surface area contributed by atoms with E-state index in [4.69, 9.17) is 5.73 Å². The molecule has 11 heteroatoms. The molecule has 44 heavy (non-hydrogen) atoms. The molecule has 2 aromatic carbocycles. The predicted octanol–water partition coefficient (Wildman–Crippen LogP) is 1.38. The summed E-state index contributed by atoms with van der Waals surface area (Å²) in [6.07, 6.45) is 0.284. The summed E-state index contributed by atoms with van der Waals surface area (Å²) in [4.78, 5) is 45.8. The van der Waals surface area contributed by atoms with E-state index in [0.717, 1.165) is 43.9 Å². The summed E-state index contributed by atoms with van der Waals surface area (Å²) in [5.41, 5.74) is 5.31. The maximum absolute atomic E-state index is 14.0. The fourth-order valence-electron chi connectivity index (χ4n) is 7.57. The molecule has 1 aliphatic heterocycles. The second kappa shape index (κ2) is 10.8. The SMILES string of the molecule is CN1CCN(Cc2ccc(-c3ccc(O)c4c3CC3C[C@H]5[C@H](N(C)C)C(=O)C(C(N)=O)=C(O)[C@@]5(O)C(=O)C3=C4O)cc2)CC1. The van der Waals surface area contributed by atoms with Crippen molar-refractivity contribution in [1.82, 2.24) is 14.7 Å². The van der Waals surface area contributed by atoms with Gasteiger partial charge < -0.3 is 31.1 Å². The van der Waals surface area contributed by atoms with Crippen molar-refractivity contribution in [1.29, 1.82) is 0 Å². The molecule has 4 aliphatic rings. The van der Waals surface area contributed by atoms with Crippen molar-refractivity contribution in [2.45, 2.75) is 31.0 Å². The largest absolute Gasteiger partial charge is 0.508 e. The van der Waals surface area contributed by atoms with Crippen molar-refractivity contribution in [3.8, 4) is 16.9 Å². The third kappa shape index (κ3) is 4.54. The minimum Gasteiger partial charge on any atom is -0.508 e. The number of ketones is 2. The Morgan fingerprint density at radius 2 is 1.68 bits per heavy atom. The van der Waals surface area contributed by atoms with Gasteiger partial charge >= 0.3 is 0 Å². The molecule has 0 spiro atoms. The number of primary amides is 1. The molecule has 4 atom stereocenters. The van der Waals surface area contributed by atoms with Gasteiger partial charge in [0.2, 0.25) is 5.78 Å². The van der Waals surface area contributed by atoms with Gasteiger partial charge in [-0.3, -0.25) is 24.2 Å². The first-order chi connectivity index (χ1) is 20.8. The van der Waals surface area contributed by atoms with E-state index in [-0.39, 0.29) is 29.7 Å². The number of aliphatic hydroxyl groups excluding tert-OH is 2. The maximum Gasteiger partial charge on any atom is 0.255 e. The Bertz CT molecular complexity index is 1620. The molecule has 0 radical (unpaired) electrons. The number of hydrogen-bond acceptors (Lipinski definition) is 10. The van der Waals surface area contributed by atoms with E-state index in [1.165, 1.54) is 16.5 Å². The Kier molecular flexibility index (Phi) is 7.40. The van der Waals surface area contributed by atoms with Crippen molar-refractivity contribution in [2.75, 3.05) is 47.3 Å². The van der Waals surface area contributed by atoms with Crippen LogP contribution in [0, 0.1) is 11.8 Å². The molecular weight excluding hydrogens is 564 g/mol. The first kappa shape index (κ1) is 30.0. The lowest BCUT2D eigenvalue weighted by Crippen LogP contribution is -2.65. The first-order valence-corrected chi connectivity index (χ1v) is 14.8. The highest BCUT2D eigenvalue weighted by Gasteiger charge is 2.64. The second-order valence-corrected chi connectivity index (χ2v) is 12.7. The highest BCUT2D eigenvalue weighted by atomic mass is 16.3. The molecule has 1 saturated carbocycles. The van der Waals surface area contributed by atoms with Crippen LogP contribution in [0.2, 0.25) is 0 Å². The molecule has 2 fully saturated rings. The topological polar surface area (TPSA) is 168 Å². The number of Topliss-reactive ketones (excluding diaryl/α,β-unsaturated/α-hetero) is 2. The monoisotopic (exact) mass is 602 g/mol. The van der Waals surface area contributed by atoms with Gasteiger partial charge in [0, 0.05) is 44.2 Å². The number of carbonyl (C=O) groups excluding carboxylic acids is 3. The summed E-state index contributed by atoms with van der Waals surface area (Å²) in [5.74, 6) is -6.61. The summed E-state index contributed by atoms with van der Waals surface area (Å²) < 4.78 is 0. The Hall–Kier alpha value is -4.03. The Labute approximate surface area is 255 Å². The van der Waals surface area contributed by atoms with Crippen LogP contribution in [-0.4, -0.2) is 112 Å². The highest BCUT2D eigenvalue weighted by Crippen LogP contribution is 2.53. The smallest absolute Gasteiger partial charge is 0.255 e. The number of phenolic OH excluding ortho intramolecular Hbond substituents is 1. The number of nitrogens with zero attached hydrogens (tertiary/aromatic N) is 3. The molecule has 1 amide bonds. The van der Waals surface area contributed by atoms with E-state index >= 15 is 0 Å². The van der Waals surface area contributed by atoms with E-state index in [1.807, 2.05) is 12.1 Å². The average Bonchev–Trinajstić information content (AvgIpc) is 2.96. The van der Waals surface area contributed by atoms with Gasteiger partial charge in [-0.25, -0.2) is 0 Å². The van der Waals surface area contributed by atoms with Crippen molar-refractivity contribution in [3.05, 3.63) is 70.0 Å². The predicted molar refractivity (Wildman–Crippen MR) is 162 cm³/mol. The van der Waals surface area contributed by atoms with Crippen LogP contribution in [0.4, 0.5) is 0 Å². The number of piperazine rings is 1. The summed E-state index contributed by atoms with van der Waals surface area (Å²) >= 11 is 0. The van der Waals surface area contributed by atoms with Crippen LogP contribution in [0.15, 0.2) is 53.3 Å². The standard InChI is InChI=1S/C33H38N4O7/c1-35(2)27-22-15-19-14-21-20(18-6-4-17(5-7-18)16-37-12-10-36(3)11-13-37)8-9-23(38)25(21)28(39)24(19)30(41)33(22,44)31(42)26(29(27)40)32(34)43/h4-9,19,22,27,38-39,42,44H,10-16H2,1-3H3,(H2,34,43)/t19?,22-,27-,33-/m0/s1. The maximum atomic E-state index is 14.0. The Balaban J connectivity index is 1.40. The van der Waals surface area contributed by atoms with Crippen LogP contribution in [0.25, 0.3) is 16.9 Å². The third-order valence-electron chi connectivity index (χ3n) is 9.87. The highest BCUT2D eigenvalue weighted by molar-refractivity contribution is 6.24. The number of nitrogens with two attached hydrogens (primary N) is 1. The fraction of sp³-hybridized carbons (Fsp3) is 0.424. The number of rotatable bonds is 5. The lowest BCUT2D eigenvalue weighted by atomic mass is 9.57. The number of phenols is 1. The number of carbonyl (C=O) groups is 3. The molecule has 1 unspecified atom stereocenters. The van der Waals surface area contributed by atoms with E-state index in [9.17, 15) is 34.8 Å². The average molecular weight is 603 g/mol. The van der Waals surface area contributed by atoms with Gasteiger partial charge in [-0.05, 0) is 68.2 Å². The molecule has 11 nitrogen and oxygen atoms in total. The summed E-state index contributed by atoms with van der Waals surface area (Å²) in [7, 11) is 5.29. The van der Waals surface area contributed by atoms with Crippen LogP contribution in [0.1, 0.15) is 23.1 Å². The van der Waals surface area contributed by atoms with Gasteiger partial charge in [0.25, 0.3) is 5.91 Å². The zero-order valence-electron chi connectivity index (χ0n) is 25.1. The molecule has 1 saturated heterocycles. The van der Waals surface area contributed by atoms with Gasteiger partial charge in [0.05, 0.1) is 11.6 Å². The van der Waals surface area contributed by atoms with Crippen LogP contribution in [-0.2, 0) is 27.3 Å². The van der Waals surface area contributed by atoms with Gasteiger partial charge in [-0.1, -0.05) is 30.3 Å². The van der Waals surface area contributed by atoms with Crippen molar-refractivity contribution < 1.29 is 34.8 Å². The fourth-order valence-corrected chi connectivity index (χ4v) is 7.57. The van der Waals surface area contributed by atoms with Crippen molar-refractivity contribution in [2.24, 2.45) is 17.6 Å². The van der Waals surface area contributed by atoms with E-state index < -0.39 is 58.0 Å². The van der Waals surface area contributed by atoms with Crippen molar-refractivity contribution >= 4 is 23.2 Å². The zero-order valence-corrected chi connectivity index (χ0v) is 25.1. The summed E-state index contributed by atoms with van der Waals surface area (Å²) in [5, 5.41) is 45.2. The van der Waals surface area contributed by atoms with Crippen LogP contribution in [0.3, 0.4) is 0 Å². The van der Waals surface area contributed by atoms with Crippen LogP contribution < -0.4 is 5.73 Å². The number of aromatic hydroxyl groups is 1.